The van der Waals surface area contributed by atoms with Crippen LogP contribution in [0.5, 0.6) is 0 Å². The third-order valence-corrected chi connectivity index (χ3v) is 6.17. The average Bonchev–Trinajstić information content (AvgIpc) is 2.86. The molecule has 6 heteroatoms. The van der Waals surface area contributed by atoms with Crippen molar-refractivity contribution in [3.05, 3.63) is 0 Å². The topological polar surface area (TPSA) is 61.4 Å². The Morgan fingerprint density at radius 2 is 2.06 bits per heavy atom. The van der Waals surface area contributed by atoms with Crippen molar-refractivity contribution in [2.45, 2.75) is 31.4 Å². The summed E-state index contributed by atoms with van der Waals surface area (Å²) in [5, 5.41) is 2.86. The number of rotatable bonds is 4. The number of nitrogens with zero attached hydrogens (tertiary/aromatic N) is 1. The van der Waals surface area contributed by atoms with Gasteiger partial charge in [0.1, 0.15) is 0 Å². The van der Waals surface area contributed by atoms with E-state index >= 15 is 0 Å². The lowest BCUT2D eigenvalue weighted by molar-refractivity contribution is 0.143. The molecule has 0 spiro atoms. The van der Waals surface area contributed by atoms with Gasteiger partial charge in [-0.15, -0.1) is 0 Å². The smallest absolute Gasteiger partial charge is 0.215 e. The zero-order valence-electron chi connectivity index (χ0n) is 11.4. The first-order chi connectivity index (χ1) is 8.41. The van der Waals surface area contributed by atoms with E-state index in [9.17, 15) is 8.42 Å². The van der Waals surface area contributed by atoms with E-state index in [0.29, 0.717) is 13.1 Å². The van der Waals surface area contributed by atoms with Crippen LogP contribution in [-0.4, -0.2) is 58.3 Å². The fourth-order valence-corrected chi connectivity index (χ4v) is 4.17. The van der Waals surface area contributed by atoms with Crippen LogP contribution in [-0.2, 0) is 10.0 Å². The molecule has 2 N–H and O–H groups in total. The fourth-order valence-electron chi connectivity index (χ4n) is 2.62. The summed E-state index contributed by atoms with van der Waals surface area (Å²) in [5.74, 6) is 0. The van der Waals surface area contributed by atoms with Crippen LogP contribution in [0.4, 0.5) is 0 Å². The van der Waals surface area contributed by atoms with Gasteiger partial charge in [-0.05, 0) is 51.4 Å². The molecule has 0 radical (unpaired) electrons. The quantitative estimate of drug-likeness (QED) is 0.758. The van der Waals surface area contributed by atoms with Crippen LogP contribution < -0.4 is 10.0 Å². The summed E-state index contributed by atoms with van der Waals surface area (Å²) in [6.07, 6.45) is 2.86. The number of hydrogen-bond donors (Lipinski definition) is 2. The maximum atomic E-state index is 12.1. The lowest BCUT2D eigenvalue weighted by Gasteiger charge is -2.38. The number of likely N-dealkylation sites (tertiary alicyclic amines) is 1. The van der Waals surface area contributed by atoms with Crippen molar-refractivity contribution in [3.63, 3.8) is 0 Å². The van der Waals surface area contributed by atoms with Crippen LogP contribution in [0.25, 0.3) is 0 Å². The van der Waals surface area contributed by atoms with Crippen molar-refractivity contribution in [2.24, 2.45) is 5.41 Å². The molecule has 18 heavy (non-hydrogen) atoms. The predicted octanol–water partition coefficient (Wildman–Crippen LogP) is -0.000400. The second-order valence-electron chi connectivity index (χ2n) is 6.09. The maximum Gasteiger partial charge on any atom is 0.215 e. The van der Waals surface area contributed by atoms with Gasteiger partial charge in [-0.3, -0.25) is 0 Å². The first-order valence-corrected chi connectivity index (χ1v) is 8.34. The van der Waals surface area contributed by atoms with E-state index in [2.05, 4.69) is 28.9 Å². The van der Waals surface area contributed by atoms with E-state index in [1.807, 2.05) is 0 Å². The van der Waals surface area contributed by atoms with Gasteiger partial charge in [0.15, 0.2) is 0 Å². The Kier molecular flexibility index (Phi) is 4.31. The molecule has 0 aromatic carbocycles. The van der Waals surface area contributed by atoms with Crippen LogP contribution in [0, 0.1) is 5.41 Å². The molecule has 1 atom stereocenters. The Hall–Kier alpha value is -0.170. The van der Waals surface area contributed by atoms with Crippen molar-refractivity contribution >= 4 is 10.0 Å². The summed E-state index contributed by atoms with van der Waals surface area (Å²) in [5.41, 5.74) is 0.117. The third kappa shape index (κ3) is 3.44. The Bertz CT molecular complexity index is 369. The molecule has 0 aromatic heterocycles. The summed E-state index contributed by atoms with van der Waals surface area (Å²) in [7, 11) is -1.02. The summed E-state index contributed by atoms with van der Waals surface area (Å²) >= 11 is 0. The second-order valence-corrected chi connectivity index (χ2v) is 8.14. The Balaban J connectivity index is 1.86. The van der Waals surface area contributed by atoms with Crippen molar-refractivity contribution < 1.29 is 8.42 Å². The summed E-state index contributed by atoms with van der Waals surface area (Å²) in [6, 6.07) is 0. The molecule has 106 valence electrons. The average molecular weight is 275 g/mol. The Labute approximate surface area is 110 Å². The molecule has 2 rings (SSSR count). The first kappa shape index (κ1) is 14.2. The van der Waals surface area contributed by atoms with E-state index in [-0.39, 0.29) is 10.7 Å². The van der Waals surface area contributed by atoms with Crippen LogP contribution >= 0.6 is 0 Å². The van der Waals surface area contributed by atoms with Gasteiger partial charge in [0, 0.05) is 13.1 Å². The van der Waals surface area contributed by atoms with Gasteiger partial charge >= 0.3 is 0 Å². The standard InChI is InChI=1S/C12H25N3O2S/c1-12(4-7-15(2)8-5-12)10-14-18(16,17)11-3-6-13-9-11/h11,13-14H,3-10H2,1-2H3. The van der Waals surface area contributed by atoms with Crippen LogP contribution in [0.15, 0.2) is 0 Å². The largest absolute Gasteiger partial charge is 0.315 e. The number of piperidine rings is 1. The summed E-state index contributed by atoms with van der Waals surface area (Å²) in [4.78, 5) is 2.30. The summed E-state index contributed by atoms with van der Waals surface area (Å²) < 4.78 is 27.1. The molecule has 0 aromatic rings. The lowest BCUT2D eigenvalue weighted by atomic mass is 9.81. The van der Waals surface area contributed by atoms with Crippen molar-refractivity contribution in [2.75, 3.05) is 39.8 Å². The highest BCUT2D eigenvalue weighted by molar-refractivity contribution is 7.90. The Morgan fingerprint density at radius 3 is 2.61 bits per heavy atom. The predicted molar refractivity (Wildman–Crippen MR) is 73.0 cm³/mol. The normalized spacial score (nSPS) is 29.6. The highest BCUT2D eigenvalue weighted by Crippen LogP contribution is 2.29. The monoisotopic (exact) mass is 275 g/mol. The zero-order valence-corrected chi connectivity index (χ0v) is 12.2. The second kappa shape index (κ2) is 5.45. The highest BCUT2D eigenvalue weighted by atomic mass is 32.2. The van der Waals surface area contributed by atoms with E-state index < -0.39 is 10.0 Å². The molecule has 2 fully saturated rings. The molecule has 2 saturated heterocycles. The van der Waals surface area contributed by atoms with Crippen molar-refractivity contribution in [1.29, 1.82) is 0 Å². The number of sulfonamides is 1. The molecule has 0 bridgehead atoms. The van der Waals surface area contributed by atoms with Gasteiger partial charge in [-0.2, -0.15) is 0 Å². The lowest BCUT2D eigenvalue weighted by Crippen LogP contribution is -2.45. The molecule has 0 saturated carbocycles. The molecular formula is C12H25N3O2S. The zero-order chi connectivity index (χ0) is 13.2. The number of nitrogens with one attached hydrogen (secondary N) is 2. The van der Waals surface area contributed by atoms with Gasteiger partial charge < -0.3 is 10.2 Å². The minimum absolute atomic E-state index is 0.117. The molecule has 5 nitrogen and oxygen atoms in total. The molecule has 2 aliphatic rings. The molecular weight excluding hydrogens is 250 g/mol. The van der Waals surface area contributed by atoms with E-state index in [1.165, 1.54) is 0 Å². The molecule has 1 unspecified atom stereocenters. The van der Waals surface area contributed by atoms with Crippen molar-refractivity contribution in [3.8, 4) is 0 Å². The van der Waals surface area contributed by atoms with E-state index in [1.54, 1.807) is 0 Å². The third-order valence-electron chi connectivity index (χ3n) is 4.35. The van der Waals surface area contributed by atoms with Crippen LogP contribution in [0.2, 0.25) is 0 Å². The summed E-state index contributed by atoms with van der Waals surface area (Å²) in [6.45, 7) is 6.30. The number of hydrogen-bond acceptors (Lipinski definition) is 4. The van der Waals surface area contributed by atoms with Crippen LogP contribution in [0.3, 0.4) is 0 Å². The Morgan fingerprint density at radius 1 is 1.39 bits per heavy atom. The van der Waals surface area contributed by atoms with E-state index in [0.717, 1.165) is 38.9 Å². The SMILES string of the molecule is CN1CCC(C)(CNS(=O)(=O)C2CCNC2)CC1. The first-order valence-electron chi connectivity index (χ1n) is 6.79. The van der Waals surface area contributed by atoms with Crippen molar-refractivity contribution in [1.82, 2.24) is 14.9 Å². The molecule has 0 aliphatic carbocycles. The van der Waals surface area contributed by atoms with Gasteiger partial charge in [-0.25, -0.2) is 13.1 Å². The molecule has 0 amide bonds. The molecule has 2 aliphatic heterocycles. The maximum absolute atomic E-state index is 12.1. The molecule has 2 heterocycles. The van der Waals surface area contributed by atoms with E-state index in [4.69, 9.17) is 0 Å². The van der Waals surface area contributed by atoms with Gasteiger partial charge in [0.25, 0.3) is 0 Å². The van der Waals surface area contributed by atoms with Gasteiger partial charge in [-0.1, -0.05) is 6.92 Å². The fraction of sp³-hybridized carbons (Fsp3) is 1.00. The van der Waals surface area contributed by atoms with Crippen LogP contribution in [0.1, 0.15) is 26.2 Å². The van der Waals surface area contributed by atoms with Gasteiger partial charge in [0.2, 0.25) is 10.0 Å². The van der Waals surface area contributed by atoms with Gasteiger partial charge in [0.05, 0.1) is 5.25 Å². The minimum atomic E-state index is -3.14. The highest BCUT2D eigenvalue weighted by Gasteiger charge is 2.33. The minimum Gasteiger partial charge on any atom is -0.315 e.